The lowest BCUT2D eigenvalue weighted by molar-refractivity contribution is -0.116. The first-order valence-corrected chi connectivity index (χ1v) is 9.70. The van der Waals surface area contributed by atoms with Gasteiger partial charge in [-0.3, -0.25) is 9.78 Å². The van der Waals surface area contributed by atoms with Crippen molar-refractivity contribution in [3.63, 3.8) is 0 Å². The molecule has 1 aromatic heterocycles. The second kappa shape index (κ2) is 8.65. The number of benzene rings is 2. The molecule has 3 aromatic rings. The van der Waals surface area contributed by atoms with Crippen molar-refractivity contribution in [1.82, 2.24) is 15.3 Å². The fraction of sp³-hybridized carbons (Fsp3) is 0.261. The van der Waals surface area contributed by atoms with E-state index in [0.717, 1.165) is 35.2 Å². The van der Waals surface area contributed by atoms with Crippen LogP contribution in [0.2, 0.25) is 0 Å². The van der Waals surface area contributed by atoms with Crippen LogP contribution in [0.15, 0.2) is 60.8 Å². The van der Waals surface area contributed by atoms with Crippen molar-refractivity contribution < 1.29 is 9.53 Å². The molecular weight excluding hydrogens is 350 g/mol. The van der Waals surface area contributed by atoms with Gasteiger partial charge in [-0.05, 0) is 50.0 Å². The summed E-state index contributed by atoms with van der Waals surface area (Å²) in [5.41, 5.74) is 3.28. The highest BCUT2D eigenvalue weighted by atomic mass is 16.5. The van der Waals surface area contributed by atoms with E-state index < -0.39 is 0 Å². The average molecular weight is 373 g/mol. The van der Waals surface area contributed by atoms with Gasteiger partial charge in [-0.15, -0.1) is 0 Å². The maximum atomic E-state index is 12.2. The number of amides is 1. The predicted molar refractivity (Wildman–Crippen MR) is 110 cm³/mol. The molecule has 1 N–H and O–H groups in total. The Morgan fingerprint density at radius 1 is 1.07 bits per heavy atom. The zero-order valence-corrected chi connectivity index (χ0v) is 15.7. The highest BCUT2D eigenvalue weighted by Crippen LogP contribution is 2.26. The molecule has 0 saturated heterocycles. The lowest BCUT2D eigenvalue weighted by Gasteiger charge is -2.16. The van der Waals surface area contributed by atoms with Crippen LogP contribution >= 0.6 is 0 Å². The molecule has 0 unspecified atom stereocenters. The Morgan fingerprint density at radius 2 is 1.82 bits per heavy atom. The fourth-order valence-electron chi connectivity index (χ4n) is 3.40. The molecule has 1 aliphatic carbocycles. The number of ether oxygens (including phenoxy) is 1. The van der Waals surface area contributed by atoms with Crippen LogP contribution in [0.4, 0.5) is 0 Å². The summed E-state index contributed by atoms with van der Waals surface area (Å²) in [5, 5.41) is 2.92. The minimum absolute atomic E-state index is 0.175. The molecule has 1 amide bonds. The van der Waals surface area contributed by atoms with Crippen LogP contribution in [0, 0.1) is 0 Å². The van der Waals surface area contributed by atoms with Gasteiger partial charge in [0.05, 0.1) is 29.0 Å². The Bertz CT molecular complexity index is 994. The van der Waals surface area contributed by atoms with Gasteiger partial charge in [0.1, 0.15) is 5.75 Å². The van der Waals surface area contributed by atoms with Crippen LogP contribution in [0.3, 0.4) is 0 Å². The molecule has 0 aliphatic heterocycles. The van der Waals surface area contributed by atoms with Crippen LogP contribution in [0.25, 0.3) is 17.1 Å². The minimum atomic E-state index is -0.175. The summed E-state index contributed by atoms with van der Waals surface area (Å²) in [6, 6.07) is 15.5. The number of aromatic nitrogens is 2. The largest absolute Gasteiger partial charge is 0.490 e. The SMILES string of the molecule is O=C(/C=C/c1cnc2ccccc2n1)NCc1ccccc1OC1CCCC1. The number of rotatable bonds is 6. The van der Waals surface area contributed by atoms with E-state index in [1.165, 1.54) is 18.9 Å². The first-order chi connectivity index (χ1) is 13.8. The summed E-state index contributed by atoms with van der Waals surface area (Å²) in [4.78, 5) is 21.1. The van der Waals surface area contributed by atoms with Crippen molar-refractivity contribution in [1.29, 1.82) is 0 Å². The van der Waals surface area contributed by atoms with E-state index in [-0.39, 0.29) is 5.91 Å². The molecule has 5 heteroatoms. The van der Waals surface area contributed by atoms with Gasteiger partial charge < -0.3 is 10.1 Å². The molecule has 1 saturated carbocycles. The number of nitrogens with one attached hydrogen (secondary N) is 1. The molecule has 2 aromatic carbocycles. The number of hydrogen-bond acceptors (Lipinski definition) is 4. The molecule has 5 nitrogen and oxygen atoms in total. The third kappa shape index (κ3) is 4.55. The van der Waals surface area contributed by atoms with Crippen molar-refractivity contribution in [2.24, 2.45) is 0 Å². The Kier molecular flexibility index (Phi) is 5.61. The van der Waals surface area contributed by atoms with Gasteiger partial charge in [0, 0.05) is 18.2 Å². The van der Waals surface area contributed by atoms with Crippen LogP contribution in [-0.2, 0) is 11.3 Å². The first kappa shape index (κ1) is 18.2. The summed E-state index contributed by atoms with van der Waals surface area (Å²) in [7, 11) is 0. The van der Waals surface area contributed by atoms with E-state index in [1.54, 1.807) is 12.3 Å². The van der Waals surface area contributed by atoms with Gasteiger partial charge in [-0.25, -0.2) is 4.98 Å². The van der Waals surface area contributed by atoms with E-state index in [1.807, 2.05) is 48.5 Å². The Morgan fingerprint density at radius 3 is 2.68 bits per heavy atom. The molecule has 0 bridgehead atoms. The Labute approximate surface area is 164 Å². The van der Waals surface area contributed by atoms with Crippen LogP contribution in [0.1, 0.15) is 36.9 Å². The van der Waals surface area contributed by atoms with Gasteiger partial charge >= 0.3 is 0 Å². The Hall–Kier alpha value is -3.21. The van der Waals surface area contributed by atoms with Gasteiger partial charge in [0.15, 0.2) is 0 Å². The summed E-state index contributed by atoms with van der Waals surface area (Å²) in [6.07, 6.45) is 9.79. The quantitative estimate of drug-likeness (QED) is 0.655. The smallest absolute Gasteiger partial charge is 0.244 e. The molecular formula is C23H23N3O2. The maximum absolute atomic E-state index is 12.2. The van der Waals surface area contributed by atoms with Gasteiger partial charge in [-0.2, -0.15) is 0 Å². The zero-order chi connectivity index (χ0) is 19.2. The summed E-state index contributed by atoms with van der Waals surface area (Å²) >= 11 is 0. The van der Waals surface area contributed by atoms with Crippen LogP contribution in [-0.4, -0.2) is 22.0 Å². The fourth-order valence-corrected chi connectivity index (χ4v) is 3.40. The van der Waals surface area contributed by atoms with Crippen molar-refractivity contribution in [2.45, 2.75) is 38.3 Å². The lowest BCUT2D eigenvalue weighted by atomic mass is 10.2. The zero-order valence-electron chi connectivity index (χ0n) is 15.7. The van der Waals surface area contributed by atoms with Gasteiger partial charge in [0.2, 0.25) is 5.91 Å². The Balaban J connectivity index is 1.36. The molecule has 1 aliphatic rings. The molecule has 4 rings (SSSR count). The van der Waals surface area contributed by atoms with Crippen molar-refractivity contribution in [3.05, 3.63) is 72.1 Å². The number of hydrogen-bond donors (Lipinski definition) is 1. The highest BCUT2D eigenvalue weighted by Gasteiger charge is 2.17. The van der Waals surface area contributed by atoms with Crippen LogP contribution in [0.5, 0.6) is 5.75 Å². The van der Waals surface area contributed by atoms with E-state index in [0.29, 0.717) is 18.3 Å². The topological polar surface area (TPSA) is 64.1 Å². The monoisotopic (exact) mass is 373 g/mol. The minimum Gasteiger partial charge on any atom is -0.490 e. The summed E-state index contributed by atoms with van der Waals surface area (Å²) in [6.45, 7) is 0.426. The molecule has 0 atom stereocenters. The van der Waals surface area contributed by atoms with E-state index in [2.05, 4.69) is 15.3 Å². The van der Waals surface area contributed by atoms with E-state index in [4.69, 9.17) is 4.74 Å². The standard InChI is InChI=1S/C23H23N3O2/c27-23(14-13-18-16-24-20-10-4-5-11-21(20)26-18)25-15-17-7-1-6-12-22(17)28-19-8-2-3-9-19/h1,4-7,10-14,16,19H,2-3,8-9,15H2,(H,25,27)/b14-13+. The molecule has 1 heterocycles. The molecule has 0 radical (unpaired) electrons. The second-order valence-corrected chi connectivity index (χ2v) is 6.97. The molecule has 142 valence electrons. The molecule has 1 fully saturated rings. The summed E-state index contributed by atoms with van der Waals surface area (Å²) in [5.74, 6) is 0.685. The highest BCUT2D eigenvalue weighted by molar-refractivity contribution is 5.91. The number of para-hydroxylation sites is 3. The number of carbonyl (C=O) groups is 1. The maximum Gasteiger partial charge on any atom is 0.244 e. The van der Waals surface area contributed by atoms with Crippen LogP contribution < -0.4 is 10.1 Å². The van der Waals surface area contributed by atoms with Gasteiger partial charge in [-0.1, -0.05) is 30.3 Å². The van der Waals surface area contributed by atoms with Crippen molar-refractivity contribution in [2.75, 3.05) is 0 Å². The number of fused-ring (bicyclic) bond motifs is 1. The van der Waals surface area contributed by atoms with Crippen molar-refractivity contribution >= 4 is 23.0 Å². The van der Waals surface area contributed by atoms with Gasteiger partial charge in [0.25, 0.3) is 0 Å². The third-order valence-electron chi connectivity index (χ3n) is 4.89. The lowest BCUT2D eigenvalue weighted by Crippen LogP contribution is -2.21. The third-order valence-corrected chi connectivity index (χ3v) is 4.89. The second-order valence-electron chi connectivity index (χ2n) is 6.97. The van der Waals surface area contributed by atoms with E-state index in [9.17, 15) is 4.79 Å². The summed E-state index contributed by atoms with van der Waals surface area (Å²) < 4.78 is 6.12. The molecule has 0 spiro atoms. The van der Waals surface area contributed by atoms with Crippen molar-refractivity contribution in [3.8, 4) is 5.75 Å². The number of carbonyl (C=O) groups excluding carboxylic acids is 1. The normalized spacial score (nSPS) is 14.6. The predicted octanol–water partition coefficient (Wildman–Crippen LogP) is 4.28. The molecule has 28 heavy (non-hydrogen) atoms. The average Bonchev–Trinajstić information content (AvgIpc) is 3.24. The van der Waals surface area contributed by atoms with E-state index >= 15 is 0 Å². The first-order valence-electron chi connectivity index (χ1n) is 9.70. The number of nitrogens with zero attached hydrogens (tertiary/aromatic N) is 2.